The minimum atomic E-state index is -0.407. The van der Waals surface area contributed by atoms with Crippen LogP contribution in [0.4, 0.5) is 5.00 Å². The molecule has 1 rings (SSSR count). The van der Waals surface area contributed by atoms with Gasteiger partial charge in [-0.1, -0.05) is 15.9 Å². The summed E-state index contributed by atoms with van der Waals surface area (Å²) in [5.41, 5.74) is 0. The van der Waals surface area contributed by atoms with Gasteiger partial charge in [-0.15, -0.1) is 11.3 Å². The van der Waals surface area contributed by atoms with Gasteiger partial charge in [-0.3, -0.25) is 0 Å². The first kappa shape index (κ1) is 9.23. The molecule has 0 saturated heterocycles. The van der Waals surface area contributed by atoms with E-state index in [-0.39, 0.29) is 0 Å². The molecule has 0 aliphatic heterocycles. The van der Waals surface area contributed by atoms with E-state index in [2.05, 4.69) is 25.5 Å². The second-order valence-electron chi connectivity index (χ2n) is 1.87. The van der Waals surface area contributed by atoms with Crippen LogP contribution >= 0.6 is 27.3 Å². The Morgan fingerprint density at radius 3 is 2.92 bits per heavy atom. The van der Waals surface area contributed by atoms with Gasteiger partial charge in [0.2, 0.25) is 0 Å². The van der Waals surface area contributed by atoms with E-state index in [4.69, 9.17) is 6.57 Å². The molecule has 0 atom stereocenters. The van der Waals surface area contributed by atoms with Crippen LogP contribution in [0.2, 0.25) is 0 Å². The fraction of sp³-hybridized carbons (Fsp3) is 0.143. The summed E-state index contributed by atoms with van der Waals surface area (Å²) in [6.07, 6.45) is 0. The highest BCUT2D eigenvalue weighted by Gasteiger charge is 2.12. The SMILES string of the molecule is [C-]#[N+]c1sc(C(=O)OC)cc1Br. The fourth-order valence-corrected chi connectivity index (χ4v) is 2.10. The predicted molar refractivity (Wildman–Crippen MR) is 49.6 cm³/mol. The Bertz CT molecular complexity index is 353. The topological polar surface area (TPSA) is 30.7 Å². The van der Waals surface area contributed by atoms with Crippen molar-refractivity contribution in [1.29, 1.82) is 0 Å². The fourth-order valence-electron chi connectivity index (χ4n) is 0.637. The standard InChI is InChI=1S/C7H4BrNO2S/c1-9-6-4(8)3-5(12-6)7(10)11-2/h3H,2H3. The molecule has 3 nitrogen and oxygen atoms in total. The Kier molecular flexibility index (Phi) is 2.84. The van der Waals surface area contributed by atoms with Crippen LogP contribution in [0.15, 0.2) is 10.5 Å². The van der Waals surface area contributed by atoms with Crippen LogP contribution in [-0.2, 0) is 4.74 Å². The predicted octanol–water partition coefficient (Wildman–Crippen LogP) is 2.85. The molecule has 0 fully saturated rings. The third-order valence-corrected chi connectivity index (χ3v) is 3.03. The maximum Gasteiger partial charge on any atom is 0.346 e. The van der Waals surface area contributed by atoms with Gasteiger partial charge in [-0.05, 0) is 6.07 Å². The molecule has 12 heavy (non-hydrogen) atoms. The molecule has 0 aliphatic carbocycles. The van der Waals surface area contributed by atoms with E-state index < -0.39 is 5.97 Å². The number of thiophene rings is 1. The van der Waals surface area contributed by atoms with Crippen LogP contribution in [-0.4, -0.2) is 13.1 Å². The summed E-state index contributed by atoms with van der Waals surface area (Å²) in [5, 5.41) is 0.468. The number of carbonyl (C=O) groups excluding carboxylic acids is 1. The number of halogens is 1. The van der Waals surface area contributed by atoms with Crippen LogP contribution in [0.25, 0.3) is 4.85 Å². The van der Waals surface area contributed by atoms with Crippen LogP contribution in [0.5, 0.6) is 0 Å². The zero-order valence-electron chi connectivity index (χ0n) is 6.13. The lowest BCUT2D eigenvalue weighted by Gasteiger charge is -1.91. The second-order valence-corrected chi connectivity index (χ2v) is 3.75. The summed E-state index contributed by atoms with van der Waals surface area (Å²) in [6, 6.07) is 1.59. The quantitative estimate of drug-likeness (QED) is 0.563. The molecule has 1 aromatic rings. The molecule has 0 unspecified atom stereocenters. The number of hydrogen-bond donors (Lipinski definition) is 0. The number of esters is 1. The summed E-state index contributed by atoms with van der Waals surface area (Å²) in [6.45, 7) is 6.75. The van der Waals surface area contributed by atoms with E-state index in [0.29, 0.717) is 14.4 Å². The number of carbonyl (C=O) groups is 1. The molecular weight excluding hydrogens is 242 g/mol. The number of nitrogens with zero attached hydrogens (tertiary/aromatic N) is 1. The van der Waals surface area contributed by atoms with Crippen LogP contribution in [0.3, 0.4) is 0 Å². The van der Waals surface area contributed by atoms with Crippen molar-refractivity contribution in [3.8, 4) is 0 Å². The first-order valence-corrected chi connectivity index (χ1v) is 4.55. The molecule has 0 spiro atoms. The molecule has 0 bridgehead atoms. The Morgan fingerprint density at radius 2 is 2.50 bits per heavy atom. The zero-order valence-corrected chi connectivity index (χ0v) is 8.53. The highest BCUT2D eigenvalue weighted by molar-refractivity contribution is 9.10. The van der Waals surface area contributed by atoms with Gasteiger partial charge in [0.1, 0.15) is 4.88 Å². The molecule has 1 heterocycles. The van der Waals surface area contributed by atoms with Gasteiger partial charge in [0.25, 0.3) is 5.00 Å². The molecule has 1 aromatic heterocycles. The number of methoxy groups -OCH3 is 1. The van der Waals surface area contributed by atoms with Crippen molar-refractivity contribution >= 4 is 38.2 Å². The second kappa shape index (κ2) is 3.70. The minimum absolute atomic E-state index is 0.407. The Labute approximate surface area is 81.9 Å². The third kappa shape index (κ3) is 1.65. The van der Waals surface area contributed by atoms with E-state index >= 15 is 0 Å². The normalized spacial score (nSPS) is 9.08. The lowest BCUT2D eigenvalue weighted by molar-refractivity contribution is 0.0606. The first-order chi connectivity index (χ1) is 5.69. The average Bonchev–Trinajstić information content (AvgIpc) is 2.45. The largest absolute Gasteiger partial charge is 0.465 e. The van der Waals surface area contributed by atoms with E-state index in [9.17, 15) is 4.79 Å². The van der Waals surface area contributed by atoms with Crippen LogP contribution in [0.1, 0.15) is 9.67 Å². The van der Waals surface area contributed by atoms with Crippen molar-refractivity contribution in [3.63, 3.8) is 0 Å². The zero-order chi connectivity index (χ0) is 9.14. The smallest absolute Gasteiger partial charge is 0.346 e. The van der Waals surface area contributed by atoms with E-state index in [0.717, 1.165) is 11.3 Å². The van der Waals surface area contributed by atoms with E-state index in [1.807, 2.05) is 0 Å². The summed E-state index contributed by atoms with van der Waals surface area (Å²) >= 11 is 4.28. The Morgan fingerprint density at radius 1 is 1.83 bits per heavy atom. The molecular formula is C7H4BrNO2S. The van der Waals surface area contributed by atoms with E-state index in [1.54, 1.807) is 6.07 Å². The number of rotatable bonds is 1. The molecule has 0 radical (unpaired) electrons. The average molecular weight is 246 g/mol. The van der Waals surface area contributed by atoms with Gasteiger partial charge < -0.3 is 4.74 Å². The molecule has 0 aromatic carbocycles. The van der Waals surface area contributed by atoms with Crippen molar-refractivity contribution in [2.45, 2.75) is 0 Å². The molecule has 62 valence electrons. The van der Waals surface area contributed by atoms with Crippen molar-refractivity contribution < 1.29 is 9.53 Å². The summed E-state index contributed by atoms with van der Waals surface area (Å²) in [5.74, 6) is -0.407. The van der Waals surface area contributed by atoms with Crippen LogP contribution < -0.4 is 0 Å². The maximum atomic E-state index is 11.0. The summed E-state index contributed by atoms with van der Waals surface area (Å²) < 4.78 is 5.14. The Balaban J connectivity index is 3.07. The molecule has 0 N–H and O–H groups in total. The third-order valence-electron chi connectivity index (χ3n) is 1.16. The molecule has 0 saturated carbocycles. The van der Waals surface area contributed by atoms with Crippen molar-refractivity contribution in [3.05, 3.63) is 26.8 Å². The van der Waals surface area contributed by atoms with Gasteiger partial charge in [0, 0.05) is 4.47 Å². The van der Waals surface area contributed by atoms with Crippen molar-refractivity contribution in [1.82, 2.24) is 0 Å². The summed E-state index contributed by atoms with van der Waals surface area (Å²) in [7, 11) is 1.31. The van der Waals surface area contributed by atoms with Crippen molar-refractivity contribution in [2.24, 2.45) is 0 Å². The van der Waals surface area contributed by atoms with Crippen molar-refractivity contribution in [2.75, 3.05) is 7.11 Å². The maximum absolute atomic E-state index is 11.0. The van der Waals surface area contributed by atoms with Gasteiger partial charge in [-0.25, -0.2) is 9.64 Å². The first-order valence-electron chi connectivity index (χ1n) is 2.94. The molecule has 5 heteroatoms. The van der Waals surface area contributed by atoms with Gasteiger partial charge in [0.15, 0.2) is 0 Å². The van der Waals surface area contributed by atoms with Crippen LogP contribution in [0, 0.1) is 6.57 Å². The highest BCUT2D eigenvalue weighted by Crippen LogP contribution is 2.35. The van der Waals surface area contributed by atoms with E-state index in [1.165, 1.54) is 7.11 Å². The lowest BCUT2D eigenvalue weighted by Crippen LogP contribution is -1.96. The number of hydrogen-bond acceptors (Lipinski definition) is 3. The van der Waals surface area contributed by atoms with Gasteiger partial charge in [-0.2, -0.15) is 0 Å². The molecule has 0 amide bonds. The van der Waals surface area contributed by atoms with Gasteiger partial charge >= 0.3 is 5.97 Å². The lowest BCUT2D eigenvalue weighted by atomic mass is 10.5. The number of ether oxygens (including phenoxy) is 1. The Hall–Kier alpha value is -0.860. The highest BCUT2D eigenvalue weighted by atomic mass is 79.9. The molecule has 0 aliphatic rings. The summed E-state index contributed by atoms with van der Waals surface area (Å²) in [4.78, 5) is 14.6. The monoisotopic (exact) mass is 245 g/mol. The minimum Gasteiger partial charge on any atom is -0.465 e. The van der Waals surface area contributed by atoms with Gasteiger partial charge in [0.05, 0.1) is 13.7 Å².